The molecule has 0 amide bonds. The third kappa shape index (κ3) is 2.36. The number of rotatable bonds is 3. The van der Waals surface area contributed by atoms with Crippen molar-refractivity contribution in [2.45, 2.75) is 25.7 Å². The molecule has 96 valence electrons. The van der Waals surface area contributed by atoms with Gasteiger partial charge in [-0.1, -0.05) is 24.3 Å². The normalized spacial score (nSPS) is 13.7. The van der Waals surface area contributed by atoms with E-state index in [4.69, 9.17) is 0 Å². The largest absolute Gasteiger partial charge is 0.197 e. The maximum Gasteiger partial charge on any atom is 0.0688 e. The Morgan fingerprint density at radius 3 is 2.32 bits per heavy atom. The lowest BCUT2D eigenvalue weighted by Gasteiger charge is -2.20. The zero-order valence-electron chi connectivity index (χ0n) is 10.7. The second-order valence-electron chi connectivity index (χ2n) is 4.89. The van der Waals surface area contributed by atoms with Gasteiger partial charge in [0.2, 0.25) is 0 Å². The third-order valence-corrected chi connectivity index (χ3v) is 3.66. The van der Waals surface area contributed by atoms with Crippen LogP contribution in [0, 0.1) is 4.91 Å². The van der Waals surface area contributed by atoms with Gasteiger partial charge in [-0.05, 0) is 61.1 Å². The van der Waals surface area contributed by atoms with Gasteiger partial charge in [-0.15, -0.1) is 4.91 Å². The molecule has 2 aromatic carbocycles. The molecule has 0 heterocycles. The lowest BCUT2D eigenvalue weighted by atomic mass is 9.91. The molecule has 0 atom stereocenters. The predicted molar refractivity (Wildman–Crippen MR) is 77.5 cm³/mol. The second kappa shape index (κ2) is 5.22. The number of hydrogen-bond acceptors (Lipinski definition) is 2. The van der Waals surface area contributed by atoms with Crippen molar-refractivity contribution in [1.29, 1.82) is 0 Å². The van der Waals surface area contributed by atoms with Crippen LogP contribution in [0.2, 0.25) is 0 Å². The summed E-state index contributed by atoms with van der Waals surface area (Å²) in [5.74, 6) is 0. The molecule has 0 radical (unpaired) electrons. The first-order valence-electron chi connectivity index (χ1n) is 6.69. The third-order valence-electron chi connectivity index (χ3n) is 3.66. The quantitative estimate of drug-likeness (QED) is 0.599. The fourth-order valence-electron chi connectivity index (χ4n) is 2.66. The number of anilines is 2. The molecule has 0 saturated carbocycles. The number of fused-ring (bicyclic) bond motifs is 1. The van der Waals surface area contributed by atoms with Crippen molar-refractivity contribution in [3.05, 3.63) is 64.6 Å². The van der Waals surface area contributed by atoms with Crippen molar-refractivity contribution in [3.63, 3.8) is 0 Å². The first kappa shape index (κ1) is 11.9. The number of nitroso groups, excluding NO2 is 1. The maximum absolute atomic E-state index is 11.1. The van der Waals surface area contributed by atoms with E-state index in [9.17, 15) is 4.91 Å². The van der Waals surface area contributed by atoms with E-state index >= 15 is 0 Å². The molecule has 1 aliphatic rings. The van der Waals surface area contributed by atoms with Crippen LogP contribution >= 0.6 is 0 Å². The minimum Gasteiger partial charge on any atom is -0.197 e. The SMILES string of the molecule is O=NN(c1ccccc1)c1ccc2c(c1)CCCC2. The summed E-state index contributed by atoms with van der Waals surface area (Å²) in [4.78, 5) is 11.1. The van der Waals surface area contributed by atoms with E-state index in [2.05, 4.69) is 17.4 Å². The summed E-state index contributed by atoms with van der Waals surface area (Å²) < 4.78 is 0. The van der Waals surface area contributed by atoms with Crippen LogP contribution in [0.1, 0.15) is 24.0 Å². The standard InChI is InChI=1S/C16H16N2O/c19-17-18(15-8-2-1-3-9-15)16-11-10-13-6-4-5-7-14(13)12-16/h1-3,8-12H,4-7H2. The highest BCUT2D eigenvalue weighted by Crippen LogP contribution is 2.30. The van der Waals surface area contributed by atoms with Crippen LogP contribution in [0.5, 0.6) is 0 Å². The van der Waals surface area contributed by atoms with Gasteiger partial charge < -0.3 is 0 Å². The first-order chi connectivity index (χ1) is 9.38. The fourth-order valence-corrected chi connectivity index (χ4v) is 2.66. The first-order valence-corrected chi connectivity index (χ1v) is 6.69. The van der Waals surface area contributed by atoms with Gasteiger partial charge in [0.1, 0.15) is 0 Å². The number of benzene rings is 2. The van der Waals surface area contributed by atoms with E-state index in [-0.39, 0.29) is 0 Å². The van der Waals surface area contributed by atoms with Crippen molar-refractivity contribution >= 4 is 11.4 Å². The van der Waals surface area contributed by atoms with Gasteiger partial charge >= 0.3 is 0 Å². The summed E-state index contributed by atoms with van der Waals surface area (Å²) in [6.45, 7) is 0. The van der Waals surface area contributed by atoms with Gasteiger partial charge in [-0.25, -0.2) is 0 Å². The van der Waals surface area contributed by atoms with Crippen molar-refractivity contribution in [2.24, 2.45) is 5.29 Å². The molecule has 0 fully saturated rings. The molecule has 0 N–H and O–H groups in total. The van der Waals surface area contributed by atoms with E-state index in [1.165, 1.54) is 29.0 Å². The Hall–Kier alpha value is -2.16. The van der Waals surface area contributed by atoms with E-state index in [1.807, 2.05) is 36.4 Å². The molecule has 0 spiro atoms. The van der Waals surface area contributed by atoms with Gasteiger partial charge in [0.05, 0.1) is 16.7 Å². The molecule has 0 unspecified atom stereocenters. The van der Waals surface area contributed by atoms with Crippen LogP contribution in [0.4, 0.5) is 11.4 Å². The van der Waals surface area contributed by atoms with Crippen molar-refractivity contribution in [2.75, 3.05) is 5.01 Å². The molecule has 0 aliphatic heterocycles. The van der Waals surface area contributed by atoms with E-state index in [1.54, 1.807) is 0 Å². The van der Waals surface area contributed by atoms with Crippen LogP contribution in [0.25, 0.3) is 0 Å². The van der Waals surface area contributed by atoms with Crippen molar-refractivity contribution < 1.29 is 0 Å². The Labute approximate surface area is 112 Å². The average molecular weight is 252 g/mol. The number of para-hydroxylation sites is 1. The van der Waals surface area contributed by atoms with Crippen LogP contribution in [-0.4, -0.2) is 0 Å². The number of hydrogen-bond donors (Lipinski definition) is 0. The van der Waals surface area contributed by atoms with Crippen LogP contribution in [-0.2, 0) is 12.8 Å². The second-order valence-corrected chi connectivity index (χ2v) is 4.89. The Balaban J connectivity index is 1.98. The van der Waals surface area contributed by atoms with Crippen LogP contribution < -0.4 is 5.01 Å². The lowest BCUT2D eigenvalue weighted by molar-refractivity contribution is 0.685. The van der Waals surface area contributed by atoms with Gasteiger partial charge in [-0.2, -0.15) is 5.01 Å². The minimum atomic E-state index is 0.799. The van der Waals surface area contributed by atoms with Gasteiger partial charge in [0.15, 0.2) is 0 Å². The molecule has 19 heavy (non-hydrogen) atoms. The molecule has 0 bridgehead atoms. The predicted octanol–water partition coefficient (Wildman–Crippen LogP) is 4.38. The number of aryl methyl sites for hydroxylation is 2. The van der Waals surface area contributed by atoms with E-state index in [0.717, 1.165) is 24.2 Å². The zero-order valence-corrected chi connectivity index (χ0v) is 10.7. The highest BCUT2D eigenvalue weighted by molar-refractivity contribution is 5.63. The molecule has 3 rings (SSSR count). The zero-order chi connectivity index (χ0) is 13.1. The van der Waals surface area contributed by atoms with Crippen molar-refractivity contribution in [3.8, 4) is 0 Å². The summed E-state index contributed by atoms with van der Waals surface area (Å²) in [6, 6.07) is 15.7. The Morgan fingerprint density at radius 2 is 1.58 bits per heavy atom. The molecule has 3 nitrogen and oxygen atoms in total. The molecule has 0 aromatic heterocycles. The summed E-state index contributed by atoms with van der Waals surface area (Å²) in [5, 5.41) is 4.61. The molecular weight excluding hydrogens is 236 g/mol. The summed E-state index contributed by atoms with van der Waals surface area (Å²) in [6.07, 6.45) is 4.75. The van der Waals surface area contributed by atoms with Gasteiger partial charge in [0.25, 0.3) is 0 Å². The molecule has 2 aromatic rings. The van der Waals surface area contributed by atoms with Crippen LogP contribution in [0.3, 0.4) is 0 Å². The highest BCUT2D eigenvalue weighted by atomic mass is 16.3. The fraction of sp³-hybridized carbons (Fsp3) is 0.250. The Bertz CT molecular complexity index is 581. The van der Waals surface area contributed by atoms with E-state index < -0.39 is 0 Å². The number of nitrogens with zero attached hydrogens (tertiary/aromatic N) is 2. The van der Waals surface area contributed by atoms with E-state index in [0.29, 0.717) is 0 Å². The summed E-state index contributed by atoms with van der Waals surface area (Å²) in [7, 11) is 0. The maximum atomic E-state index is 11.1. The monoisotopic (exact) mass is 252 g/mol. The molecule has 1 aliphatic carbocycles. The molecular formula is C16H16N2O. The highest BCUT2D eigenvalue weighted by Gasteiger charge is 2.14. The molecule has 0 saturated heterocycles. The topological polar surface area (TPSA) is 32.7 Å². The van der Waals surface area contributed by atoms with Crippen LogP contribution in [0.15, 0.2) is 53.8 Å². The Morgan fingerprint density at radius 1 is 0.842 bits per heavy atom. The molecule has 3 heteroatoms. The summed E-state index contributed by atoms with van der Waals surface area (Å²) in [5.41, 5.74) is 4.41. The van der Waals surface area contributed by atoms with Crippen molar-refractivity contribution in [1.82, 2.24) is 0 Å². The smallest absolute Gasteiger partial charge is 0.0688 e. The Kier molecular flexibility index (Phi) is 3.27. The minimum absolute atomic E-state index is 0.799. The summed E-state index contributed by atoms with van der Waals surface area (Å²) >= 11 is 0. The average Bonchev–Trinajstić information content (AvgIpc) is 2.49. The van der Waals surface area contributed by atoms with Gasteiger partial charge in [-0.3, -0.25) is 0 Å². The lowest BCUT2D eigenvalue weighted by Crippen LogP contribution is -2.10. The van der Waals surface area contributed by atoms with Gasteiger partial charge in [0, 0.05) is 0 Å².